The van der Waals surface area contributed by atoms with Gasteiger partial charge in [-0.05, 0) is 37.5 Å². The fourth-order valence-corrected chi connectivity index (χ4v) is 5.34. The Bertz CT molecular complexity index is 1450. The number of nitrogens with zero attached hydrogens (tertiary/aromatic N) is 4. The minimum absolute atomic E-state index is 0.0270. The van der Waals surface area contributed by atoms with Gasteiger partial charge in [-0.15, -0.1) is 0 Å². The van der Waals surface area contributed by atoms with Gasteiger partial charge in [0.05, 0.1) is 36.4 Å². The Morgan fingerprint density at radius 1 is 1.26 bits per heavy atom. The monoisotopic (exact) mass is 479 g/mol. The molecule has 1 unspecified atom stereocenters. The molecule has 35 heavy (non-hydrogen) atoms. The van der Waals surface area contributed by atoms with Crippen molar-refractivity contribution in [3.63, 3.8) is 0 Å². The summed E-state index contributed by atoms with van der Waals surface area (Å²) in [7, 11) is 1.88. The highest BCUT2D eigenvalue weighted by molar-refractivity contribution is 6.10. The Labute approximate surface area is 201 Å². The minimum atomic E-state index is -2.77. The van der Waals surface area contributed by atoms with E-state index in [2.05, 4.69) is 10.4 Å². The molecule has 0 spiro atoms. The predicted molar refractivity (Wildman–Crippen MR) is 129 cm³/mol. The van der Waals surface area contributed by atoms with Gasteiger partial charge in [-0.25, -0.2) is 18.7 Å². The van der Waals surface area contributed by atoms with Crippen LogP contribution < -0.4 is 10.1 Å². The van der Waals surface area contributed by atoms with E-state index in [0.717, 1.165) is 39.4 Å². The van der Waals surface area contributed by atoms with Crippen molar-refractivity contribution in [1.82, 2.24) is 19.7 Å². The van der Waals surface area contributed by atoms with Crippen LogP contribution in [-0.4, -0.2) is 39.1 Å². The van der Waals surface area contributed by atoms with E-state index in [1.54, 1.807) is 16.9 Å². The Hall–Kier alpha value is -3.33. The number of rotatable bonds is 5. The Balaban J connectivity index is 1.45. The normalized spacial score (nSPS) is 19.9. The molecular formula is C26H27F2N5O2. The van der Waals surface area contributed by atoms with Crippen LogP contribution in [0.1, 0.15) is 48.3 Å². The van der Waals surface area contributed by atoms with Crippen molar-refractivity contribution in [1.29, 1.82) is 0 Å². The van der Waals surface area contributed by atoms with Gasteiger partial charge in [-0.2, -0.15) is 5.10 Å². The maximum absolute atomic E-state index is 14.4. The highest BCUT2D eigenvalue weighted by Crippen LogP contribution is 2.44. The number of hydrogen-bond donors (Lipinski definition) is 1. The molecule has 9 heteroatoms. The van der Waals surface area contributed by atoms with E-state index in [4.69, 9.17) is 19.4 Å². The number of anilines is 1. The summed E-state index contributed by atoms with van der Waals surface area (Å²) in [6, 6.07) is 6.90. The first-order chi connectivity index (χ1) is 16.8. The van der Waals surface area contributed by atoms with E-state index in [1.807, 2.05) is 33.0 Å². The molecule has 1 N–H and O–H groups in total. The smallest absolute Gasteiger partial charge is 0.273 e. The third kappa shape index (κ3) is 3.69. The van der Waals surface area contributed by atoms with Crippen LogP contribution in [0.15, 0.2) is 30.5 Å². The number of ether oxygens (including phenoxy) is 2. The molecule has 182 valence electrons. The van der Waals surface area contributed by atoms with E-state index < -0.39 is 5.92 Å². The van der Waals surface area contributed by atoms with Gasteiger partial charge in [-0.1, -0.05) is 18.2 Å². The van der Waals surface area contributed by atoms with E-state index >= 15 is 0 Å². The fourth-order valence-electron chi connectivity index (χ4n) is 5.34. The van der Waals surface area contributed by atoms with Gasteiger partial charge in [0.25, 0.3) is 5.92 Å². The van der Waals surface area contributed by atoms with Crippen molar-refractivity contribution in [3.8, 4) is 5.75 Å². The molecule has 1 aliphatic heterocycles. The van der Waals surface area contributed by atoms with Crippen molar-refractivity contribution >= 4 is 27.6 Å². The van der Waals surface area contributed by atoms with Crippen LogP contribution in [-0.2, 0) is 24.1 Å². The summed E-state index contributed by atoms with van der Waals surface area (Å²) >= 11 is 0. The summed E-state index contributed by atoms with van der Waals surface area (Å²) in [6.45, 7) is 5.05. The summed E-state index contributed by atoms with van der Waals surface area (Å²) in [5.74, 6) is -0.821. The summed E-state index contributed by atoms with van der Waals surface area (Å²) in [5, 5.41) is 9.62. The molecule has 1 saturated heterocycles. The maximum Gasteiger partial charge on any atom is 0.273 e. The van der Waals surface area contributed by atoms with Crippen LogP contribution in [0.3, 0.4) is 0 Å². The van der Waals surface area contributed by atoms with Gasteiger partial charge in [0.1, 0.15) is 29.0 Å². The van der Waals surface area contributed by atoms with Gasteiger partial charge >= 0.3 is 0 Å². The molecule has 0 radical (unpaired) electrons. The zero-order valence-electron chi connectivity index (χ0n) is 19.9. The molecule has 7 nitrogen and oxygen atoms in total. The highest BCUT2D eigenvalue weighted by Gasteiger charge is 2.40. The zero-order valence-corrected chi connectivity index (χ0v) is 19.9. The largest absolute Gasteiger partial charge is 0.486 e. The van der Waals surface area contributed by atoms with Crippen molar-refractivity contribution in [2.24, 2.45) is 7.05 Å². The van der Waals surface area contributed by atoms with Crippen LogP contribution in [0.2, 0.25) is 0 Å². The third-order valence-corrected chi connectivity index (χ3v) is 7.06. The molecule has 6 rings (SSSR count). The predicted octanol–water partition coefficient (Wildman–Crippen LogP) is 5.20. The lowest BCUT2D eigenvalue weighted by Crippen LogP contribution is -2.16. The van der Waals surface area contributed by atoms with Crippen LogP contribution in [0, 0.1) is 6.92 Å². The van der Waals surface area contributed by atoms with Crippen molar-refractivity contribution in [2.75, 3.05) is 18.5 Å². The topological polar surface area (TPSA) is 74.1 Å². The lowest BCUT2D eigenvalue weighted by Gasteiger charge is -2.21. The lowest BCUT2D eigenvalue weighted by atomic mass is 9.97. The molecular weight excluding hydrogens is 452 g/mol. The molecule has 0 bridgehead atoms. The number of aromatic nitrogens is 4. The summed E-state index contributed by atoms with van der Waals surface area (Å²) < 4.78 is 42.3. The number of benzene rings is 2. The van der Waals surface area contributed by atoms with Crippen LogP contribution in [0.25, 0.3) is 21.8 Å². The Kier molecular flexibility index (Phi) is 5.14. The van der Waals surface area contributed by atoms with Crippen LogP contribution in [0.4, 0.5) is 14.6 Å². The molecule has 2 aromatic heterocycles. The van der Waals surface area contributed by atoms with Gasteiger partial charge in [0.15, 0.2) is 0 Å². The van der Waals surface area contributed by atoms with Gasteiger partial charge in [0.2, 0.25) is 0 Å². The molecule has 2 aromatic carbocycles. The highest BCUT2D eigenvalue weighted by atomic mass is 19.3. The standard InChI is InChI=1S/C26H27F2N5O2/c1-14(17-5-4-6-21-18(17)7-9-26(21,27)28)30-25-19-11-22(35-16-8-10-34-13-16)24-20(12-29-33(24)3)23(19)31-15(2)32-25/h4-6,11-12,14,16H,7-10,13H2,1-3H3,(H,30,31,32)/t14-,16?/m1/s1. The molecule has 1 fully saturated rings. The number of alkyl halides is 2. The second-order valence-electron chi connectivity index (χ2n) is 9.47. The SMILES string of the molecule is Cc1nc(N[C@H](C)c2cccc3c2CCC3(F)F)c2cc(OC3CCOC3)c3c(cnn3C)c2n1. The molecule has 2 aliphatic rings. The summed E-state index contributed by atoms with van der Waals surface area (Å²) in [4.78, 5) is 9.42. The van der Waals surface area contributed by atoms with Crippen LogP contribution in [0.5, 0.6) is 5.75 Å². The quantitative estimate of drug-likeness (QED) is 0.424. The van der Waals surface area contributed by atoms with Gasteiger partial charge in [-0.3, -0.25) is 4.68 Å². The maximum atomic E-state index is 14.4. The van der Waals surface area contributed by atoms with Gasteiger partial charge < -0.3 is 14.8 Å². The molecule has 0 amide bonds. The van der Waals surface area contributed by atoms with Gasteiger partial charge in [0, 0.05) is 30.8 Å². The van der Waals surface area contributed by atoms with Crippen molar-refractivity contribution < 1.29 is 18.3 Å². The molecule has 0 saturated carbocycles. The number of hydrogen-bond acceptors (Lipinski definition) is 6. The first kappa shape index (κ1) is 22.2. The average molecular weight is 480 g/mol. The molecule has 2 atom stereocenters. The zero-order chi connectivity index (χ0) is 24.3. The van der Waals surface area contributed by atoms with Crippen LogP contribution >= 0.6 is 0 Å². The second kappa shape index (κ2) is 8.12. The van der Waals surface area contributed by atoms with E-state index in [1.165, 1.54) is 6.07 Å². The molecule has 3 heterocycles. The number of aryl methyl sites for hydroxylation is 2. The van der Waals surface area contributed by atoms with E-state index in [0.29, 0.717) is 37.0 Å². The number of fused-ring (bicyclic) bond motifs is 4. The lowest BCUT2D eigenvalue weighted by molar-refractivity contribution is -0.00184. The van der Waals surface area contributed by atoms with Crippen molar-refractivity contribution in [3.05, 3.63) is 53.0 Å². The van der Waals surface area contributed by atoms with Crippen molar-refractivity contribution in [2.45, 2.75) is 51.2 Å². The first-order valence-electron chi connectivity index (χ1n) is 12.0. The molecule has 1 aliphatic carbocycles. The fraction of sp³-hybridized carbons (Fsp3) is 0.423. The minimum Gasteiger partial charge on any atom is -0.486 e. The second-order valence-corrected chi connectivity index (χ2v) is 9.47. The average Bonchev–Trinajstić information content (AvgIpc) is 3.54. The summed E-state index contributed by atoms with van der Waals surface area (Å²) in [5.41, 5.74) is 3.37. The Morgan fingerprint density at radius 3 is 2.91 bits per heavy atom. The molecule has 4 aromatic rings. The third-order valence-electron chi connectivity index (χ3n) is 7.06. The van der Waals surface area contributed by atoms with E-state index in [9.17, 15) is 8.78 Å². The Morgan fingerprint density at radius 2 is 2.11 bits per heavy atom. The first-order valence-corrected chi connectivity index (χ1v) is 12.0. The summed E-state index contributed by atoms with van der Waals surface area (Å²) in [6.07, 6.45) is 2.81. The number of halogens is 2. The van der Waals surface area contributed by atoms with E-state index in [-0.39, 0.29) is 24.1 Å². The number of nitrogens with one attached hydrogen (secondary N) is 1.